The van der Waals surface area contributed by atoms with E-state index in [2.05, 4.69) is 0 Å². The minimum Gasteiger partial charge on any atom is -0.198 e. The van der Waals surface area contributed by atoms with Crippen LogP contribution in [0.4, 0.5) is 35.1 Å². The molecule has 1 aromatic heterocycles. The van der Waals surface area contributed by atoms with Crippen molar-refractivity contribution in [2.24, 2.45) is 0 Å². The number of hydrogen-bond acceptors (Lipinski definition) is 2. The lowest BCUT2D eigenvalue weighted by molar-refractivity contribution is -0.148. The van der Waals surface area contributed by atoms with Gasteiger partial charge in [0, 0.05) is 0 Å². The van der Waals surface area contributed by atoms with Crippen molar-refractivity contribution in [3.63, 3.8) is 0 Å². The average Bonchev–Trinajstić information content (AvgIpc) is 2.11. The second-order valence-corrected chi connectivity index (χ2v) is 3.25. The average molecular weight is 290 g/mol. The summed E-state index contributed by atoms with van der Waals surface area (Å²) in [6.07, 6.45) is -12.5. The Morgan fingerprint density at radius 3 is 1.53 bits per heavy atom. The monoisotopic (exact) mass is 290 g/mol. The number of rotatable bonds is 1. The highest BCUT2D eigenvalue weighted by molar-refractivity contribution is 5.39. The van der Waals surface area contributed by atoms with E-state index in [1.807, 2.05) is 4.98 Å². The zero-order valence-electron chi connectivity index (χ0n) is 8.63. The van der Waals surface area contributed by atoms with Crippen LogP contribution in [-0.2, 0) is 18.8 Å². The maximum atomic E-state index is 13.0. The molecular weight excluding hydrogens is 288 g/mol. The van der Waals surface area contributed by atoms with Crippen LogP contribution in [0.15, 0.2) is 0 Å². The van der Waals surface area contributed by atoms with Gasteiger partial charge in [-0.25, -0.2) is 0 Å². The van der Waals surface area contributed by atoms with E-state index in [0.717, 1.165) is 6.07 Å². The molecule has 19 heavy (non-hydrogen) atoms. The molecule has 0 aliphatic rings. The molecule has 0 unspecified atom stereocenters. The van der Waals surface area contributed by atoms with Gasteiger partial charge in [-0.15, -0.1) is 0 Å². The molecule has 0 aromatic carbocycles. The van der Waals surface area contributed by atoms with Crippen molar-refractivity contribution in [1.29, 1.82) is 5.26 Å². The molecule has 0 amide bonds. The third-order valence-electron chi connectivity index (χ3n) is 2.04. The second-order valence-electron chi connectivity index (χ2n) is 3.25. The van der Waals surface area contributed by atoms with E-state index in [4.69, 9.17) is 5.26 Å². The number of nitrogens with zero attached hydrogens (tertiary/aromatic N) is 2. The van der Waals surface area contributed by atoms with Gasteiger partial charge in [-0.2, -0.15) is 45.4 Å². The van der Waals surface area contributed by atoms with Crippen LogP contribution in [0, 0.1) is 23.2 Å². The predicted molar refractivity (Wildman–Crippen MR) is 43.5 cm³/mol. The predicted octanol–water partition coefficient (Wildman–Crippen LogP) is 3.46. The van der Waals surface area contributed by atoms with Crippen molar-refractivity contribution in [3.8, 4) is 6.07 Å². The van der Waals surface area contributed by atoms with Crippen LogP contribution in [0.1, 0.15) is 16.7 Å². The van der Waals surface area contributed by atoms with Crippen molar-refractivity contribution < 1.29 is 35.1 Å². The number of aromatic nitrogens is 1. The molecule has 1 heterocycles. The third kappa shape index (κ3) is 2.91. The number of pyridine rings is 1. The molecule has 0 aliphatic heterocycles. The van der Waals surface area contributed by atoms with Crippen LogP contribution in [-0.4, -0.2) is 4.98 Å². The van der Waals surface area contributed by atoms with Gasteiger partial charge in [0.25, 0.3) is 0 Å². The summed E-state index contributed by atoms with van der Waals surface area (Å²) in [6, 6.07) is 1.00. The first kappa shape index (κ1) is 15.1. The lowest BCUT2D eigenvalue weighted by Crippen LogP contribution is -2.22. The molecule has 0 spiro atoms. The lowest BCUT2D eigenvalue weighted by Gasteiger charge is -2.17. The van der Waals surface area contributed by atoms with Gasteiger partial charge >= 0.3 is 12.4 Å². The van der Waals surface area contributed by atoms with Crippen LogP contribution in [0.5, 0.6) is 0 Å². The summed E-state index contributed by atoms with van der Waals surface area (Å²) < 4.78 is 101. The van der Waals surface area contributed by atoms with Crippen LogP contribution in [0.25, 0.3) is 0 Å². The molecule has 0 saturated heterocycles. The summed E-state index contributed by atoms with van der Waals surface area (Å²) in [5.74, 6) is -4.88. The summed E-state index contributed by atoms with van der Waals surface area (Å²) in [5.41, 5.74) is -6.59. The third-order valence-corrected chi connectivity index (χ3v) is 2.04. The first-order valence-corrected chi connectivity index (χ1v) is 4.39. The fourth-order valence-electron chi connectivity index (χ4n) is 1.40. The molecule has 10 heteroatoms. The largest absolute Gasteiger partial charge is 0.421 e. The number of nitriles is 1. The molecule has 0 fully saturated rings. The first-order valence-electron chi connectivity index (χ1n) is 4.39. The normalized spacial score (nSPS) is 12.4. The Morgan fingerprint density at radius 1 is 0.895 bits per heavy atom. The van der Waals surface area contributed by atoms with Gasteiger partial charge in [0.15, 0.2) is 0 Å². The molecule has 0 N–H and O–H groups in total. The van der Waals surface area contributed by atoms with E-state index in [9.17, 15) is 35.1 Å². The summed E-state index contributed by atoms with van der Waals surface area (Å²) in [6.45, 7) is 0. The van der Waals surface area contributed by atoms with E-state index in [1.165, 1.54) is 0 Å². The van der Waals surface area contributed by atoms with E-state index < -0.39 is 47.4 Å². The molecule has 1 aromatic rings. The maximum absolute atomic E-state index is 13.0. The van der Waals surface area contributed by atoms with Gasteiger partial charge in [0.05, 0.1) is 12.5 Å². The Hall–Kier alpha value is -1.92. The highest BCUT2D eigenvalue weighted by atomic mass is 19.4. The molecule has 1 rings (SSSR count). The second kappa shape index (κ2) is 4.64. The molecule has 104 valence electrons. The number of alkyl halides is 6. The Bertz CT molecular complexity index is 499. The van der Waals surface area contributed by atoms with Crippen LogP contribution in [0.2, 0.25) is 0 Å². The van der Waals surface area contributed by atoms with Crippen molar-refractivity contribution in [3.05, 3.63) is 28.6 Å². The highest BCUT2D eigenvalue weighted by Gasteiger charge is 2.46. The van der Waals surface area contributed by atoms with Crippen molar-refractivity contribution in [1.82, 2.24) is 4.98 Å². The van der Waals surface area contributed by atoms with Crippen molar-refractivity contribution in [2.75, 3.05) is 0 Å². The molecule has 0 saturated carbocycles. The van der Waals surface area contributed by atoms with Crippen LogP contribution >= 0.6 is 0 Å². The summed E-state index contributed by atoms with van der Waals surface area (Å²) in [7, 11) is 0. The van der Waals surface area contributed by atoms with Gasteiger partial charge in [-0.1, -0.05) is 0 Å². The quantitative estimate of drug-likeness (QED) is 0.586. The summed E-state index contributed by atoms with van der Waals surface area (Å²) >= 11 is 0. The highest BCUT2D eigenvalue weighted by Crippen LogP contribution is 2.41. The summed E-state index contributed by atoms with van der Waals surface area (Å²) in [5, 5.41) is 8.23. The topological polar surface area (TPSA) is 36.7 Å². The zero-order valence-corrected chi connectivity index (χ0v) is 8.63. The Balaban J connectivity index is 3.80. The SMILES string of the molecule is N#CCc1c(C(F)(F)F)c(F)nc(F)c1C(F)(F)F. The minimum absolute atomic E-state index is 1.00. The minimum atomic E-state index is -5.53. The Labute approximate surface area is 99.8 Å². The van der Waals surface area contributed by atoms with Gasteiger partial charge in [-0.3, -0.25) is 0 Å². The smallest absolute Gasteiger partial charge is 0.198 e. The van der Waals surface area contributed by atoms with E-state index in [1.54, 1.807) is 0 Å². The number of halogens is 8. The van der Waals surface area contributed by atoms with Crippen LogP contribution < -0.4 is 0 Å². The first-order chi connectivity index (χ1) is 8.50. The van der Waals surface area contributed by atoms with Crippen molar-refractivity contribution in [2.45, 2.75) is 18.8 Å². The number of hydrogen-bond donors (Lipinski definition) is 0. The zero-order chi connectivity index (χ0) is 15.0. The molecule has 0 atom stereocenters. The van der Waals surface area contributed by atoms with Crippen LogP contribution in [0.3, 0.4) is 0 Å². The Kier molecular flexibility index (Phi) is 3.70. The van der Waals surface area contributed by atoms with Gasteiger partial charge in [0.1, 0.15) is 11.1 Å². The fourth-order valence-corrected chi connectivity index (χ4v) is 1.40. The molecule has 0 bridgehead atoms. The molecule has 0 radical (unpaired) electrons. The van der Waals surface area contributed by atoms with Gasteiger partial charge < -0.3 is 0 Å². The van der Waals surface area contributed by atoms with Gasteiger partial charge in [0.2, 0.25) is 11.9 Å². The summed E-state index contributed by atoms with van der Waals surface area (Å²) in [4.78, 5) is 1.97. The van der Waals surface area contributed by atoms with E-state index >= 15 is 0 Å². The lowest BCUT2D eigenvalue weighted by atomic mass is 10.00. The molecular formula is C9H2F8N2. The maximum Gasteiger partial charge on any atom is 0.421 e. The van der Waals surface area contributed by atoms with E-state index in [0.29, 0.717) is 0 Å². The fraction of sp³-hybridized carbons (Fsp3) is 0.333. The van der Waals surface area contributed by atoms with Gasteiger partial charge in [-0.05, 0) is 5.56 Å². The van der Waals surface area contributed by atoms with Crippen molar-refractivity contribution >= 4 is 0 Å². The molecule has 0 aliphatic carbocycles. The Morgan fingerprint density at radius 2 is 1.26 bits per heavy atom. The standard InChI is InChI=1S/C9H2F8N2/c10-6-4(8(12,13)14)3(1-2-18)5(7(11)19-6)9(15,16)17/h1H2. The molecule has 2 nitrogen and oxygen atoms in total. The van der Waals surface area contributed by atoms with E-state index in [-0.39, 0.29) is 0 Å².